The van der Waals surface area contributed by atoms with E-state index >= 15 is 0 Å². The first-order chi connectivity index (χ1) is 12.3. The maximum atomic E-state index is 13.2. The molecule has 0 radical (unpaired) electrons. The number of carbonyl (C=O) groups is 1. The molecule has 5 nitrogen and oxygen atoms in total. The normalized spacial score (nSPS) is 19.5. The van der Waals surface area contributed by atoms with Gasteiger partial charge in [-0.1, -0.05) is 18.2 Å². The average Bonchev–Trinajstić information content (AvgIpc) is 3.03. The average molecular weight is 346 g/mol. The third-order valence-electron chi connectivity index (χ3n) is 5.08. The molecule has 0 saturated carbocycles. The first-order valence-corrected chi connectivity index (χ1v) is 8.75. The van der Waals surface area contributed by atoms with Crippen LogP contribution in [0.25, 0.3) is 11.0 Å². The second kappa shape index (κ2) is 5.53. The molecule has 0 aliphatic carbocycles. The topological polar surface area (TPSA) is 72.8 Å². The number of hydrogen-bond donors (Lipinski definition) is 2. The molecule has 4 rings (SSSR count). The van der Waals surface area contributed by atoms with Crippen LogP contribution in [0.5, 0.6) is 0 Å². The molecule has 0 bridgehead atoms. The van der Waals surface area contributed by atoms with Crippen molar-refractivity contribution in [1.29, 1.82) is 5.41 Å². The SMILES string of the molecule is Cc1cc(C)cc(N2C(=N)C(c3nc4ccccc4[nH]3)C(=O)C2(C)C)c1. The summed E-state index contributed by atoms with van der Waals surface area (Å²) in [6.45, 7) is 7.82. The van der Waals surface area contributed by atoms with E-state index in [1.54, 1.807) is 0 Å². The fraction of sp³-hybridized carbons (Fsp3) is 0.286. The number of aromatic amines is 1. The van der Waals surface area contributed by atoms with E-state index in [1.165, 1.54) is 0 Å². The highest BCUT2D eigenvalue weighted by Crippen LogP contribution is 2.40. The molecule has 1 unspecified atom stereocenters. The fourth-order valence-electron chi connectivity index (χ4n) is 3.92. The summed E-state index contributed by atoms with van der Waals surface area (Å²) in [7, 11) is 0. The summed E-state index contributed by atoms with van der Waals surface area (Å²) in [5.41, 5.74) is 3.99. The van der Waals surface area contributed by atoms with Crippen molar-refractivity contribution in [2.45, 2.75) is 39.2 Å². The van der Waals surface area contributed by atoms with E-state index in [2.05, 4.69) is 16.0 Å². The molecule has 26 heavy (non-hydrogen) atoms. The second-order valence-corrected chi connectivity index (χ2v) is 7.56. The lowest BCUT2D eigenvalue weighted by molar-refractivity contribution is -0.121. The molecule has 1 fully saturated rings. The number of nitrogens with one attached hydrogen (secondary N) is 2. The molecule has 1 aromatic heterocycles. The Balaban J connectivity index is 1.83. The van der Waals surface area contributed by atoms with Gasteiger partial charge >= 0.3 is 0 Å². The molecule has 2 heterocycles. The van der Waals surface area contributed by atoms with Crippen LogP contribution in [0, 0.1) is 19.3 Å². The quantitative estimate of drug-likeness (QED) is 0.733. The molecular weight excluding hydrogens is 324 g/mol. The van der Waals surface area contributed by atoms with Gasteiger partial charge in [-0.3, -0.25) is 10.2 Å². The highest BCUT2D eigenvalue weighted by molar-refractivity contribution is 6.25. The number of fused-ring (bicyclic) bond motifs is 1. The van der Waals surface area contributed by atoms with E-state index in [-0.39, 0.29) is 11.6 Å². The number of aryl methyl sites for hydroxylation is 2. The maximum absolute atomic E-state index is 13.2. The minimum Gasteiger partial charge on any atom is -0.341 e. The number of carbonyl (C=O) groups excluding carboxylic acids is 1. The number of ketones is 1. The van der Waals surface area contributed by atoms with Gasteiger partial charge in [0.15, 0.2) is 5.78 Å². The number of imidazole rings is 1. The Labute approximate surface area is 152 Å². The molecule has 132 valence electrons. The van der Waals surface area contributed by atoms with Crippen LogP contribution in [0.15, 0.2) is 42.5 Å². The number of nitrogens with zero attached hydrogens (tertiary/aromatic N) is 2. The predicted octanol–water partition coefficient (Wildman–Crippen LogP) is 4.11. The van der Waals surface area contributed by atoms with Gasteiger partial charge < -0.3 is 9.88 Å². The summed E-state index contributed by atoms with van der Waals surface area (Å²) >= 11 is 0. The summed E-state index contributed by atoms with van der Waals surface area (Å²) in [5.74, 6) is 0.115. The van der Waals surface area contributed by atoms with Gasteiger partial charge in [0, 0.05) is 5.69 Å². The van der Waals surface area contributed by atoms with E-state index in [4.69, 9.17) is 5.41 Å². The predicted molar refractivity (Wildman–Crippen MR) is 104 cm³/mol. The maximum Gasteiger partial charge on any atom is 0.176 e. The van der Waals surface area contributed by atoms with Crippen LogP contribution in [-0.2, 0) is 4.79 Å². The molecule has 2 aromatic carbocycles. The Morgan fingerprint density at radius 3 is 2.42 bits per heavy atom. The second-order valence-electron chi connectivity index (χ2n) is 7.56. The van der Waals surface area contributed by atoms with Crippen molar-refractivity contribution in [2.75, 3.05) is 4.90 Å². The lowest BCUT2D eigenvalue weighted by atomic mass is 9.93. The van der Waals surface area contributed by atoms with Crippen molar-refractivity contribution in [1.82, 2.24) is 9.97 Å². The zero-order valence-electron chi connectivity index (χ0n) is 15.4. The first kappa shape index (κ1) is 16.5. The third kappa shape index (κ3) is 2.35. The van der Waals surface area contributed by atoms with Crippen molar-refractivity contribution in [2.24, 2.45) is 0 Å². The number of hydrogen-bond acceptors (Lipinski definition) is 3. The van der Waals surface area contributed by atoms with Gasteiger partial charge in [-0.25, -0.2) is 4.98 Å². The Hall–Kier alpha value is -2.95. The molecule has 1 saturated heterocycles. The highest BCUT2D eigenvalue weighted by atomic mass is 16.1. The fourth-order valence-corrected chi connectivity index (χ4v) is 3.92. The van der Waals surface area contributed by atoms with Crippen LogP contribution < -0.4 is 4.90 Å². The van der Waals surface area contributed by atoms with Crippen molar-refractivity contribution >= 4 is 28.3 Å². The summed E-state index contributed by atoms with van der Waals surface area (Å²) in [4.78, 5) is 22.9. The minimum atomic E-state index is -0.805. The van der Waals surface area contributed by atoms with E-state index in [0.29, 0.717) is 5.82 Å². The molecule has 0 spiro atoms. The standard InChI is InChI=1S/C21H22N4O/c1-12-9-13(2)11-14(10-12)25-19(22)17(18(26)21(25,3)4)20-23-15-7-5-6-8-16(15)24-20/h5-11,17,22H,1-4H3,(H,23,24). The van der Waals surface area contributed by atoms with Gasteiger partial charge in [0.25, 0.3) is 0 Å². The number of rotatable bonds is 2. The van der Waals surface area contributed by atoms with Crippen LogP contribution >= 0.6 is 0 Å². The lowest BCUT2D eigenvalue weighted by Crippen LogP contribution is -2.44. The largest absolute Gasteiger partial charge is 0.341 e. The molecule has 0 amide bonds. The van der Waals surface area contributed by atoms with Crippen LogP contribution in [0.2, 0.25) is 0 Å². The van der Waals surface area contributed by atoms with E-state index in [1.807, 2.05) is 69.0 Å². The molecule has 5 heteroatoms. The summed E-state index contributed by atoms with van der Waals surface area (Å²) in [6.07, 6.45) is 0. The molecule has 2 N–H and O–H groups in total. The number of benzene rings is 2. The zero-order valence-corrected chi connectivity index (χ0v) is 15.4. The van der Waals surface area contributed by atoms with E-state index in [9.17, 15) is 4.79 Å². The van der Waals surface area contributed by atoms with Crippen molar-refractivity contribution in [3.63, 3.8) is 0 Å². The molecule has 1 aliphatic rings. The van der Waals surface area contributed by atoms with E-state index < -0.39 is 11.5 Å². The number of Topliss-reactive ketones (excluding diaryl/α,β-unsaturated/α-hetero) is 1. The summed E-state index contributed by atoms with van der Waals surface area (Å²) < 4.78 is 0. The Morgan fingerprint density at radius 2 is 1.77 bits per heavy atom. The number of aromatic nitrogens is 2. The number of amidine groups is 1. The first-order valence-electron chi connectivity index (χ1n) is 8.75. The highest BCUT2D eigenvalue weighted by Gasteiger charge is 2.52. The van der Waals surface area contributed by atoms with Gasteiger partial charge in [0.05, 0.1) is 11.0 Å². The minimum absolute atomic E-state index is 0.0132. The molecular formula is C21H22N4O. The van der Waals surface area contributed by atoms with Crippen LogP contribution in [0.1, 0.15) is 36.7 Å². The number of H-pyrrole nitrogens is 1. The van der Waals surface area contributed by atoms with Crippen molar-refractivity contribution in [3.05, 3.63) is 59.4 Å². The van der Waals surface area contributed by atoms with Crippen LogP contribution in [-0.4, -0.2) is 27.1 Å². The Morgan fingerprint density at radius 1 is 1.12 bits per heavy atom. The Kier molecular flexibility index (Phi) is 3.51. The van der Waals surface area contributed by atoms with Crippen LogP contribution in [0.4, 0.5) is 5.69 Å². The Bertz CT molecular complexity index is 994. The van der Waals surface area contributed by atoms with Gasteiger partial charge in [-0.15, -0.1) is 0 Å². The van der Waals surface area contributed by atoms with Gasteiger partial charge in [-0.2, -0.15) is 0 Å². The monoisotopic (exact) mass is 346 g/mol. The van der Waals surface area contributed by atoms with Gasteiger partial charge in [0.2, 0.25) is 0 Å². The number of para-hydroxylation sites is 2. The molecule has 1 aliphatic heterocycles. The zero-order chi connectivity index (χ0) is 18.6. The lowest BCUT2D eigenvalue weighted by Gasteiger charge is -2.32. The molecule has 1 atom stereocenters. The smallest absolute Gasteiger partial charge is 0.176 e. The van der Waals surface area contributed by atoms with Gasteiger partial charge in [-0.05, 0) is 63.1 Å². The van der Waals surface area contributed by atoms with Crippen molar-refractivity contribution in [3.8, 4) is 0 Å². The summed E-state index contributed by atoms with van der Waals surface area (Å²) in [5, 5.41) is 8.78. The summed E-state index contributed by atoms with van der Waals surface area (Å²) in [6, 6.07) is 13.8. The van der Waals surface area contributed by atoms with Crippen LogP contribution in [0.3, 0.4) is 0 Å². The third-order valence-corrected chi connectivity index (χ3v) is 5.08. The van der Waals surface area contributed by atoms with Crippen molar-refractivity contribution < 1.29 is 4.79 Å². The van der Waals surface area contributed by atoms with E-state index in [0.717, 1.165) is 27.8 Å². The number of anilines is 1. The van der Waals surface area contributed by atoms with Gasteiger partial charge in [0.1, 0.15) is 23.1 Å². The molecule has 3 aromatic rings.